The van der Waals surface area contributed by atoms with Gasteiger partial charge >= 0.3 is 5.97 Å². The number of carbonyl (C=O) groups is 2. The van der Waals surface area contributed by atoms with Crippen molar-refractivity contribution in [2.75, 3.05) is 51.1 Å². The number of benzene rings is 2. The highest BCUT2D eigenvalue weighted by Gasteiger charge is 2.22. The molecular formula is C21H24N2O4S. The lowest BCUT2D eigenvalue weighted by atomic mass is 10.2. The predicted molar refractivity (Wildman–Crippen MR) is 110 cm³/mol. The van der Waals surface area contributed by atoms with Crippen LogP contribution in [-0.2, 0) is 9.53 Å². The van der Waals surface area contributed by atoms with Gasteiger partial charge in [-0.3, -0.25) is 4.79 Å². The normalized spacial score (nSPS) is 13.9. The smallest absolute Gasteiger partial charge is 0.338 e. The van der Waals surface area contributed by atoms with E-state index >= 15 is 0 Å². The molecule has 1 saturated heterocycles. The fraction of sp³-hybridized carbons (Fsp3) is 0.333. The second-order valence-electron chi connectivity index (χ2n) is 6.37. The molecule has 0 bridgehead atoms. The molecule has 6 nitrogen and oxygen atoms in total. The maximum absolute atomic E-state index is 12.4. The van der Waals surface area contributed by atoms with Crippen molar-refractivity contribution in [3.63, 3.8) is 0 Å². The number of thioether (sulfide) groups is 1. The van der Waals surface area contributed by atoms with Crippen LogP contribution in [0.4, 0.5) is 5.69 Å². The Labute approximate surface area is 169 Å². The Bertz CT molecular complexity index is 800. The average molecular weight is 401 g/mol. The number of anilines is 1. The highest BCUT2D eigenvalue weighted by molar-refractivity contribution is 7.98. The number of piperazine rings is 1. The van der Waals surface area contributed by atoms with E-state index < -0.39 is 5.97 Å². The topological polar surface area (TPSA) is 59.1 Å². The summed E-state index contributed by atoms with van der Waals surface area (Å²) in [6.07, 6.45) is 1.97. The van der Waals surface area contributed by atoms with Crippen molar-refractivity contribution in [3.05, 3.63) is 54.1 Å². The van der Waals surface area contributed by atoms with Gasteiger partial charge < -0.3 is 19.3 Å². The van der Waals surface area contributed by atoms with Crippen LogP contribution in [0.2, 0.25) is 0 Å². The summed E-state index contributed by atoms with van der Waals surface area (Å²) in [7, 11) is 1.64. The van der Waals surface area contributed by atoms with E-state index in [2.05, 4.69) is 4.90 Å². The first-order chi connectivity index (χ1) is 13.6. The van der Waals surface area contributed by atoms with Gasteiger partial charge in [0.1, 0.15) is 5.75 Å². The van der Waals surface area contributed by atoms with E-state index in [1.54, 1.807) is 35.9 Å². The molecule has 3 rings (SSSR count). The van der Waals surface area contributed by atoms with Crippen LogP contribution < -0.4 is 9.64 Å². The molecule has 2 aromatic carbocycles. The van der Waals surface area contributed by atoms with E-state index in [0.717, 1.165) is 29.4 Å². The Morgan fingerprint density at radius 3 is 2.18 bits per heavy atom. The summed E-state index contributed by atoms with van der Waals surface area (Å²) >= 11 is 1.60. The third-order valence-corrected chi connectivity index (χ3v) is 5.47. The molecular weight excluding hydrogens is 376 g/mol. The Morgan fingerprint density at radius 2 is 1.61 bits per heavy atom. The van der Waals surface area contributed by atoms with Crippen LogP contribution in [0.3, 0.4) is 0 Å². The molecule has 2 aromatic rings. The summed E-state index contributed by atoms with van der Waals surface area (Å²) in [6.45, 7) is 2.45. The van der Waals surface area contributed by atoms with Gasteiger partial charge in [-0.05, 0) is 54.8 Å². The summed E-state index contributed by atoms with van der Waals surface area (Å²) in [6, 6.07) is 15.0. The van der Waals surface area contributed by atoms with Gasteiger partial charge in [-0.15, -0.1) is 11.8 Å². The Morgan fingerprint density at radius 1 is 0.964 bits per heavy atom. The van der Waals surface area contributed by atoms with E-state index in [1.807, 2.05) is 42.7 Å². The fourth-order valence-electron chi connectivity index (χ4n) is 3.04. The summed E-state index contributed by atoms with van der Waals surface area (Å²) in [4.78, 5) is 29.5. The minimum atomic E-state index is -0.474. The van der Waals surface area contributed by atoms with Crippen LogP contribution >= 0.6 is 11.8 Å². The monoisotopic (exact) mass is 400 g/mol. The first kappa shape index (κ1) is 20.1. The SMILES string of the molecule is COc1ccc(N2CCN(C(=O)COC(=O)c3ccc(SC)cc3)CC2)cc1. The molecule has 0 spiro atoms. The molecule has 0 unspecified atom stereocenters. The molecule has 7 heteroatoms. The van der Waals surface area contributed by atoms with Crippen LogP contribution in [-0.4, -0.2) is 62.9 Å². The molecule has 1 heterocycles. The molecule has 0 N–H and O–H groups in total. The van der Waals surface area contributed by atoms with Crippen LogP contribution in [0, 0.1) is 0 Å². The van der Waals surface area contributed by atoms with Crippen molar-refractivity contribution in [1.29, 1.82) is 0 Å². The van der Waals surface area contributed by atoms with Crippen molar-refractivity contribution in [2.45, 2.75) is 4.90 Å². The maximum Gasteiger partial charge on any atom is 0.338 e. The van der Waals surface area contributed by atoms with Crippen molar-refractivity contribution in [3.8, 4) is 5.75 Å². The Hall–Kier alpha value is -2.67. The quantitative estimate of drug-likeness (QED) is 0.549. The van der Waals surface area contributed by atoms with Crippen LogP contribution in [0.5, 0.6) is 5.75 Å². The van der Waals surface area contributed by atoms with Crippen molar-refractivity contribution in [1.82, 2.24) is 4.90 Å². The highest BCUT2D eigenvalue weighted by Crippen LogP contribution is 2.20. The first-order valence-corrected chi connectivity index (χ1v) is 10.3. The number of methoxy groups -OCH3 is 1. The number of hydrogen-bond donors (Lipinski definition) is 0. The minimum absolute atomic E-state index is 0.163. The standard InChI is InChI=1S/C21H24N2O4S/c1-26-18-7-5-17(6-8-18)22-11-13-23(14-12-22)20(24)15-27-21(25)16-3-9-19(28-2)10-4-16/h3-10H,11-15H2,1-2H3. The van der Waals surface area contributed by atoms with Crippen molar-refractivity contribution < 1.29 is 19.1 Å². The number of amides is 1. The molecule has 1 aliphatic heterocycles. The molecule has 1 amide bonds. The maximum atomic E-state index is 12.4. The van der Waals surface area contributed by atoms with Gasteiger partial charge in [0.25, 0.3) is 5.91 Å². The van der Waals surface area contributed by atoms with E-state index in [1.165, 1.54) is 0 Å². The van der Waals surface area contributed by atoms with Gasteiger partial charge in [-0.1, -0.05) is 0 Å². The molecule has 1 aliphatic rings. The highest BCUT2D eigenvalue weighted by atomic mass is 32.2. The second kappa shape index (κ2) is 9.50. The minimum Gasteiger partial charge on any atom is -0.497 e. The van der Waals surface area contributed by atoms with Crippen LogP contribution in [0.1, 0.15) is 10.4 Å². The van der Waals surface area contributed by atoms with E-state index in [9.17, 15) is 9.59 Å². The number of rotatable bonds is 6. The number of ether oxygens (including phenoxy) is 2. The Balaban J connectivity index is 1.46. The first-order valence-electron chi connectivity index (χ1n) is 9.08. The molecule has 28 heavy (non-hydrogen) atoms. The lowest BCUT2D eigenvalue weighted by Crippen LogP contribution is -2.49. The van der Waals surface area contributed by atoms with Crippen molar-refractivity contribution in [2.24, 2.45) is 0 Å². The van der Waals surface area contributed by atoms with Gasteiger partial charge in [0, 0.05) is 36.8 Å². The molecule has 0 aliphatic carbocycles. The zero-order valence-electron chi connectivity index (χ0n) is 16.1. The Kier molecular flexibility index (Phi) is 6.81. The number of hydrogen-bond acceptors (Lipinski definition) is 6. The fourth-order valence-corrected chi connectivity index (χ4v) is 3.44. The zero-order chi connectivity index (χ0) is 19.9. The summed E-state index contributed by atoms with van der Waals surface area (Å²) in [5.74, 6) is 0.184. The number of esters is 1. The van der Waals surface area contributed by atoms with Gasteiger partial charge in [-0.25, -0.2) is 4.79 Å². The molecule has 148 valence electrons. The van der Waals surface area contributed by atoms with E-state index in [4.69, 9.17) is 9.47 Å². The summed E-state index contributed by atoms with van der Waals surface area (Å²) in [5, 5.41) is 0. The van der Waals surface area contributed by atoms with Gasteiger partial charge in [0.05, 0.1) is 12.7 Å². The lowest BCUT2D eigenvalue weighted by Gasteiger charge is -2.36. The van der Waals surface area contributed by atoms with E-state index in [-0.39, 0.29) is 12.5 Å². The van der Waals surface area contributed by atoms with Crippen LogP contribution in [0.15, 0.2) is 53.4 Å². The predicted octanol–water partition coefficient (Wildman–Crippen LogP) is 2.92. The van der Waals surface area contributed by atoms with Crippen LogP contribution in [0.25, 0.3) is 0 Å². The van der Waals surface area contributed by atoms with E-state index in [0.29, 0.717) is 18.7 Å². The zero-order valence-corrected chi connectivity index (χ0v) is 16.9. The molecule has 1 fully saturated rings. The van der Waals surface area contributed by atoms with Gasteiger partial charge in [-0.2, -0.15) is 0 Å². The summed E-state index contributed by atoms with van der Waals surface area (Å²) < 4.78 is 10.4. The third kappa shape index (κ3) is 4.98. The molecule has 0 radical (unpaired) electrons. The molecule has 0 atom stereocenters. The average Bonchev–Trinajstić information content (AvgIpc) is 2.77. The summed E-state index contributed by atoms with van der Waals surface area (Å²) in [5.41, 5.74) is 1.56. The van der Waals surface area contributed by atoms with Gasteiger partial charge in [0.15, 0.2) is 6.61 Å². The third-order valence-electron chi connectivity index (χ3n) is 4.72. The van der Waals surface area contributed by atoms with Gasteiger partial charge in [0.2, 0.25) is 0 Å². The molecule has 0 saturated carbocycles. The number of nitrogens with zero attached hydrogens (tertiary/aromatic N) is 2. The molecule has 0 aromatic heterocycles. The van der Waals surface area contributed by atoms with Crippen molar-refractivity contribution >= 4 is 29.3 Å². The lowest BCUT2D eigenvalue weighted by molar-refractivity contribution is -0.134. The largest absolute Gasteiger partial charge is 0.497 e. The second-order valence-corrected chi connectivity index (χ2v) is 7.25. The number of carbonyl (C=O) groups excluding carboxylic acids is 2.